The molecule has 2 N–H and O–H groups in total. The summed E-state index contributed by atoms with van der Waals surface area (Å²) < 4.78 is 12.3. The zero-order valence-corrected chi connectivity index (χ0v) is 30.7. The van der Waals surface area contributed by atoms with Crippen molar-refractivity contribution in [2.24, 2.45) is 17.8 Å². The van der Waals surface area contributed by atoms with Gasteiger partial charge in [-0.15, -0.1) is 13.2 Å². The number of likely N-dealkylation sites (tertiary alicyclic amines) is 1. The minimum absolute atomic E-state index is 0.114. The maximum absolute atomic E-state index is 14.9. The molecule has 268 valence electrons. The van der Waals surface area contributed by atoms with Crippen molar-refractivity contribution in [3.8, 4) is 0 Å². The van der Waals surface area contributed by atoms with Gasteiger partial charge in [0.2, 0.25) is 11.8 Å². The number of hydrogen-bond donors (Lipinski definition) is 2. The molecule has 0 radical (unpaired) electrons. The molecule has 3 aliphatic heterocycles. The van der Waals surface area contributed by atoms with Gasteiger partial charge in [0.05, 0.1) is 36.6 Å². The number of anilines is 1. The first-order valence-corrected chi connectivity index (χ1v) is 18.4. The average molecular weight is 771 g/mol. The summed E-state index contributed by atoms with van der Waals surface area (Å²) in [7, 11) is 0. The maximum atomic E-state index is 14.9. The topological polar surface area (TPSA) is 125 Å². The van der Waals surface area contributed by atoms with Crippen LogP contribution in [0.2, 0.25) is 5.02 Å². The summed E-state index contributed by atoms with van der Waals surface area (Å²) in [4.78, 5) is 59.3. The van der Waals surface area contributed by atoms with Gasteiger partial charge in [-0.2, -0.15) is 0 Å². The second kappa shape index (κ2) is 16.2. The van der Waals surface area contributed by atoms with Crippen LogP contribution in [0.25, 0.3) is 0 Å². The van der Waals surface area contributed by atoms with E-state index < -0.39 is 65.4 Å². The van der Waals surface area contributed by atoms with Gasteiger partial charge in [-0.3, -0.25) is 19.2 Å². The Morgan fingerprint density at radius 2 is 1.88 bits per heavy atom. The normalized spacial score (nSPS) is 26.9. The van der Waals surface area contributed by atoms with Crippen molar-refractivity contribution in [3.63, 3.8) is 0 Å². The lowest BCUT2D eigenvalue weighted by molar-refractivity contribution is -0.147. The van der Waals surface area contributed by atoms with Crippen molar-refractivity contribution < 1.29 is 33.8 Å². The summed E-state index contributed by atoms with van der Waals surface area (Å²) in [5.74, 6) is -3.82. The van der Waals surface area contributed by atoms with E-state index in [4.69, 9.17) is 21.1 Å². The van der Waals surface area contributed by atoms with Crippen LogP contribution in [0, 0.1) is 17.8 Å². The first kappa shape index (κ1) is 37.7. The molecule has 3 saturated heterocycles. The predicted molar refractivity (Wildman–Crippen MR) is 195 cm³/mol. The largest absolute Gasteiger partial charge is 0.463 e. The van der Waals surface area contributed by atoms with Crippen molar-refractivity contribution >= 4 is 56.9 Å². The highest BCUT2D eigenvalue weighted by Gasteiger charge is 2.77. The molecule has 9 atom stereocenters. The Kier molecular flexibility index (Phi) is 12.2. The van der Waals surface area contributed by atoms with Gasteiger partial charge < -0.3 is 29.7 Å². The Morgan fingerprint density at radius 1 is 1.18 bits per heavy atom. The fourth-order valence-corrected chi connectivity index (χ4v) is 8.75. The molecule has 50 heavy (non-hydrogen) atoms. The summed E-state index contributed by atoms with van der Waals surface area (Å²) in [6, 6.07) is 13.4. The first-order valence-electron chi connectivity index (χ1n) is 17.1. The molecule has 2 bridgehead atoms. The number of rotatable bonds is 16. The van der Waals surface area contributed by atoms with Crippen LogP contribution in [0.5, 0.6) is 0 Å². The molecule has 1 unspecified atom stereocenters. The minimum Gasteiger partial charge on any atom is -0.463 e. The van der Waals surface area contributed by atoms with Crippen LogP contribution in [0.3, 0.4) is 0 Å². The Balaban J connectivity index is 1.53. The van der Waals surface area contributed by atoms with Gasteiger partial charge in [0.15, 0.2) is 0 Å². The van der Waals surface area contributed by atoms with Crippen molar-refractivity contribution in [2.45, 2.75) is 74.2 Å². The second-order valence-electron chi connectivity index (χ2n) is 13.2. The van der Waals surface area contributed by atoms with Crippen LogP contribution in [0.4, 0.5) is 5.69 Å². The number of alkyl halides is 1. The molecule has 12 heteroatoms. The van der Waals surface area contributed by atoms with Gasteiger partial charge >= 0.3 is 5.97 Å². The van der Waals surface area contributed by atoms with E-state index in [1.54, 1.807) is 36.4 Å². The monoisotopic (exact) mass is 769 g/mol. The van der Waals surface area contributed by atoms with E-state index >= 15 is 0 Å². The third-order valence-electron chi connectivity index (χ3n) is 10.3. The third kappa shape index (κ3) is 7.15. The van der Waals surface area contributed by atoms with Gasteiger partial charge in [0, 0.05) is 28.5 Å². The molecule has 3 heterocycles. The van der Waals surface area contributed by atoms with E-state index in [1.165, 1.54) is 9.80 Å². The molecule has 2 aromatic rings. The number of nitrogens with zero attached hydrogens (tertiary/aromatic N) is 2. The molecule has 1 spiro atoms. The van der Waals surface area contributed by atoms with Crippen molar-refractivity contribution in [1.82, 2.24) is 10.2 Å². The van der Waals surface area contributed by atoms with Crippen LogP contribution in [-0.4, -0.2) is 82.1 Å². The summed E-state index contributed by atoms with van der Waals surface area (Å²) >= 11 is 9.91. The molecular formula is C38H45BrClN3O7. The van der Waals surface area contributed by atoms with E-state index in [0.717, 1.165) is 5.56 Å². The molecule has 5 rings (SSSR count). The quantitative estimate of drug-likeness (QED) is 0.134. The zero-order chi connectivity index (χ0) is 36.2. The molecule has 0 aromatic heterocycles. The van der Waals surface area contributed by atoms with Crippen LogP contribution in [0.1, 0.15) is 51.1 Å². The molecule has 10 nitrogen and oxygen atoms in total. The van der Waals surface area contributed by atoms with Gasteiger partial charge in [0.25, 0.3) is 5.91 Å². The average Bonchev–Trinajstić information content (AvgIpc) is 3.72. The van der Waals surface area contributed by atoms with Crippen LogP contribution < -0.4 is 10.2 Å². The number of hydrogen-bond acceptors (Lipinski definition) is 7. The second-order valence-corrected chi connectivity index (χ2v) is 14.9. The molecule has 3 amide bonds. The summed E-state index contributed by atoms with van der Waals surface area (Å²) in [6.45, 7) is 11.1. The van der Waals surface area contributed by atoms with Gasteiger partial charge in [0.1, 0.15) is 18.2 Å². The van der Waals surface area contributed by atoms with Crippen molar-refractivity contribution in [1.29, 1.82) is 0 Å². The van der Waals surface area contributed by atoms with Crippen LogP contribution in [0.15, 0.2) is 79.9 Å². The number of benzene rings is 2. The number of fused-ring (bicyclic) bond motifs is 1. The molecule has 3 aliphatic rings. The number of halogens is 2. The van der Waals surface area contributed by atoms with E-state index in [1.807, 2.05) is 44.2 Å². The zero-order valence-electron chi connectivity index (χ0n) is 28.4. The Hall–Kier alpha value is -3.51. The van der Waals surface area contributed by atoms with Gasteiger partial charge in [-0.25, -0.2) is 0 Å². The van der Waals surface area contributed by atoms with Crippen molar-refractivity contribution in [2.75, 3.05) is 24.7 Å². The Labute approximate surface area is 306 Å². The summed E-state index contributed by atoms with van der Waals surface area (Å²) in [5, 5.41) is 14.3. The number of carbonyl (C=O) groups is 4. The maximum Gasteiger partial charge on any atom is 0.306 e. The summed E-state index contributed by atoms with van der Waals surface area (Å²) in [5.41, 5.74) is -0.0819. The van der Waals surface area contributed by atoms with E-state index in [0.29, 0.717) is 30.0 Å². The van der Waals surface area contributed by atoms with Gasteiger partial charge in [-0.05, 0) is 48.6 Å². The number of aliphatic hydroxyl groups excluding tert-OH is 1. The first-order chi connectivity index (χ1) is 24.0. The number of allylic oxidation sites excluding steroid dienone is 1. The molecule has 3 fully saturated rings. The van der Waals surface area contributed by atoms with E-state index in [2.05, 4.69) is 34.4 Å². The number of nitrogens with one attached hydrogen (secondary N) is 1. The predicted octanol–water partition coefficient (Wildman–Crippen LogP) is 5.38. The minimum atomic E-state index is -1.36. The Bertz CT molecular complexity index is 1580. The lowest BCUT2D eigenvalue weighted by Gasteiger charge is -2.41. The van der Waals surface area contributed by atoms with Gasteiger partial charge in [-0.1, -0.05) is 90.3 Å². The smallest absolute Gasteiger partial charge is 0.306 e. The van der Waals surface area contributed by atoms with E-state index in [9.17, 15) is 24.3 Å². The standard InChI is InChI=1S/C38H45BrClN3O7/c1-5-8-14-30(45)49-22-28(24-12-10-9-11-13-24)41-35(46)31-32-36(47)43(29(21-44)23(4)7-3)34(38(32)20-27(39)33(31)50-38)37(48)42(19-6-2)26-17-15-25(40)16-18-26/h5-6,9-13,15-18,23,27-29,31-34,44H,1-2,7-8,14,19-22H2,3-4H3,(H,41,46)/t23-,27?,28-,29-,31-,32+,33-,34-,38+/m0/s1. The fourth-order valence-electron chi connectivity index (χ4n) is 7.68. The Morgan fingerprint density at radius 3 is 2.50 bits per heavy atom. The van der Waals surface area contributed by atoms with Crippen LogP contribution >= 0.6 is 27.5 Å². The van der Waals surface area contributed by atoms with Crippen LogP contribution in [-0.2, 0) is 28.7 Å². The third-order valence-corrected chi connectivity index (χ3v) is 11.4. The molecule has 0 aliphatic carbocycles. The number of esters is 1. The van der Waals surface area contributed by atoms with Crippen molar-refractivity contribution in [3.05, 3.63) is 90.5 Å². The SMILES string of the molecule is C=CCCC(=O)OC[C@H](NC(=O)[C@@H]1[C@H]2O[C@@]3(CC2Br)[C@H](C(=O)N(CC=C)c2ccc(Cl)cc2)N([C@@H](CO)[C@@H](C)CC)C(=O)[C@@H]13)c1ccccc1. The fraction of sp³-hybridized carbons (Fsp3) is 0.474. The highest BCUT2D eigenvalue weighted by atomic mass is 79.9. The van der Waals surface area contributed by atoms with E-state index in [-0.39, 0.29) is 36.9 Å². The number of ether oxygens (including phenoxy) is 2. The number of amides is 3. The molecular weight excluding hydrogens is 726 g/mol. The number of aliphatic hydroxyl groups is 1. The summed E-state index contributed by atoms with van der Waals surface area (Å²) in [6.07, 6.45) is 4.08. The lowest BCUT2D eigenvalue weighted by atomic mass is 9.70. The molecule has 0 saturated carbocycles. The highest BCUT2D eigenvalue weighted by Crippen LogP contribution is 2.61. The molecule has 2 aromatic carbocycles. The number of carbonyl (C=O) groups excluding carboxylic acids is 4. The highest BCUT2D eigenvalue weighted by molar-refractivity contribution is 9.09. The lowest BCUT2D eigenvalue weighted by Crippen LogP contribution is -2.60.